The number of halogens is 2. The van der Waals surface area contributed by atoms with E-state index in [1.807, 2.05) is 6.07 Å². The van der Waals surface area contributed by atoms with E-state index in [4.69, 9.17) is 4.74 Å². The Balaban J connectivity index is 1.66. The van der Waals surface area contributed by atoms with Crippen molar-refractivity contribution >= 4 is 17.6 Å². The van der Waals surface area contributed by atoms with Gasteiger partial charge in [0.1, 0.15) is 5.69 Å². The Labute approximate surface area is 160 Å². The fraction of sp³-hybridized carbons (Fsp3) is 0.238. The molecule has 7 heteroatoms. The second-order valence-corrected chi connectivity index (χ2v) is 6.54. The molecule has 2 aromatic rings. The monoisotopic (exact) mass is 382 g/mol. The average molecular weight is 382 g/mol. The van der Waals surface area contributed by atoms with E-state index < -0.39 is 35.3 Å². The Morgan fingerprint density at radius 1 is 1.00 bits per heavy atom. The van der Waals surface area contributed by atoms with Crippen LogP contribution in [0.2, 0.25) is 0 Å². The van der Waals surface area contributed by atoms with Crippen molar-refractivity contribution in [3.63, 3.8) is 0 Å². The minimum absolute atomic E-state index is 0.0415. The maximum absolute atomic E-state index is 14.7. The van der Waals surface area contributed by atoms with E-state index in [0.29, 0.717) is 17.1 Å². The van der Waals surface area contributed by atoms with Crippen LogP contribution in [0.1, 0.15) is 17.5 Å². The summed E-state index contributed by atoms with van der Waals surface area (Å²) in [6.07, 6.45) is -0.0415. The molecule has 1 atom stereocenters. The number of amides is 3. The number of nitrogens with zero attached hydrogens (tertiary/aromatic N) is 2. The molecule has 4 rings (SSSR count). The van der Waals surface area contributed by atoms with Crippen LogP contribution in [0.3, 0.4) is 0 Å². The SMILES string of the molecule is O=C1CC2COCCN2C(=O)N1c1c(F)cc(C#Cc2ccccc2)cc1F. The van der Waals surface area contributed by atoms with Crippen molar-refractivity contribution in [2.45, 2.75) is 12.5 Å². The molecule has 2 aromatic carbocycles. The third kappa shape index (κ3) is 3.35. The Morgan fingerprint density at radius 2 is 1.68 bits per heavy atom. The molecule has 28 heavy (non-hydrogen) atoms. The summed E-state index contributed by atoms with van der Waals surface area (Å²) in [6, 6.07) is 9.93. The first-order valence-electron chi connectivity index (χ1n) is 8.82. The van der Waals surface area contributed by atoms with E-state index in [9.17, 15) is 18.4 Å². The van der Waals surface area contributed by atoms with Crippen LogP contribution in [0.5, 0.6) is 0 Å². The number of hydrogen-bond acceptors (Lipinski definition) is 3. The smallest absolute Gasteiger partial charge is 0.331 e. The van der Waals surface area contributed by atoms with Crippen LogP contribution in [0, 0.1) is 23.5 Å². The molecule has 0 N–H and O–H groups in total. The molecular formula is C21H16F2N2O3. The van der Waals surface area contributed by atoms with Gasteiger partial charge >= 0.3 is 6.03 Å². The lowest BCUT2D eigenvalue weighted by molar-refractivity contribution is -0.122. The summed E-state index contributed by atoms with van der Waals surface area (Å²) >= 11 is 0. The molecule has 2 aliphatic heterocycles. The van der Waals surface area contributed by atoms with E-state index in [0.717, 1.165) is 12.1 Å². The molecule has 2 saturated heterocycles. The molecule has 0 bridgehead atoms. The molecule has 0 saturated carbocycles. The van der Waals surface area contributed by atoms with Crippen molar-refractivity contribution in [3.05, 3.63) is 65.2 Å². The third-order valence-electron chi connectivity index (χ3n) is 4.69. The highest BCUT2D eigenvalue weighted by atomic mass is 19.1. The maximum atomic E-state index is 14.7. The van der Waals surface area contributed by atoms with Crippen LogP contribution in [0.15, 0.2) is 42.5 Å². The molecule has 5 nitrogen and oxygen atoms in total. The van der Waals surface area contributed by atoms with E-state index in [1.54, 1.807) is 24.3 Å². The lowest BCUT2D eigenvalue weighted by atomic mass is 10.1. The highest BCUT2D eigenvalue weighted by Gasteiger charge is 2.42. The predicted molar refractivity (Wildman–Crippen MR) is 97.6 cm³/mol. The minimum Gasteiger partial charge on any atom is -0.377 e. The van der Waals surface area contributed by atoms with E-state index in [1.165, 1.54) is 4.90 Å². The molecular weight excluding hydrogens is 366 g/mol. The van der Waals surface area contributed by atoms with Gasteiger partial charge in [-0.1, -0.05) is 30.0 Å². The van der Waals surface area contributed by atoms with Crippen molar-refractivity contribution in [2.24, 2.45) is 0 Å². The number of benzene rings is 2. The normalized spacial score (nSPS) is 19.1. The van der Waals surface area contributed by atoms with Gasteiger partial charge in [-0.2, -0.15) is 0 Å². The van der Waals surface area contributed by atoms with Gasteiger partial charge in [0.25, 0.3) is 0 Å². The second-order valence-electron chi connectivity index (χ2n) is 6.54. The predicted octanol–water partition coefficient (Wildman–Crippen LogP) is 2.92. The molecule has 1 unspecified atom stereocenters. The summed E-state index contributed by atoms with van der Waals surface area (Å²) in [5, 5.41) is 0. The molecule has 2 aliphatic rings. The highest BCUT2D eigenvalue weighted by Crippen LogP contribution is 2.31. The minimum atomic E-state index is -1.01. The number of ether oxygens (including phenoxy) is 1. The Bertz CT molecular complexity index is 975. The zero-order valence-corrected chi connectivity index (χ0v) is 14.8. The van der Waals surface area contributed by atoms with Crippen molar-refractivity contribution in [1.29, 1.82) is 0 Å². The Morgan fingerprint density at radius 3 is 2.39 bits per heavy atom. The van der Waals surface area contributed by atoms with Gasteiger partial charge < -0.3 is 9.64 Å². The van der Waals surface area contributed by atoms with Crippen LogP contribution in [-0.2, 0) is 9.53 Å². The van der Waals surface area contributed by atoms with Crippen LogP contribution in [0.4, 0.5) is 19.3 Å². The number of hydrogen-bond donors (Lipinski definition) is 0. The standard InChI is InChI=1S/C21H16F2N2O3/c22-17-10-15(7-6-14-4-2-1-3-5-14)11-18(23)20(17)25-19(26)12-16-13-28-9-8-24(16)21(25)27/h1-5,10-11,16H,8-9,12-13H2. The zero-order chi connectivity index (χ0) is 19.7. The second kappa shape index (κ2) is 7.41. The number of imide groups is 1. The van der Waals surface area contributed by atoms with Gasteiger partial charge in [0, 0.05) is 17.7 Å². The summed E-state index contributed by atoms with van der Waals surface area (Å²) in [5.41, 5.74) is 0.154. The molecule has 0 aromatic heterocycles. The molecule has 0 radical (unpaired) electrons. The topological polar surface area (TPSA) is 49.9 Å². The van der Waals surface area contributed by atoms with Crippen LogP contribution in [0.25, 0.3) is 0 Å². The lowest BCUT2D eigenvalue weighted by Crippen LogP contribution is -2.61. The molecule has 3 amide bonds. The maximum Gasteiger partial charge on any atom is 0.331 e. The van der Waals surface area contributed by atoms with Gasteiger partial charge in [0.2, 0.25) is 5.91 Å². The highest BCUT2D eigenvalue weighted by molar-refractivity contribution is 6.16. The lowest BCUT2D eigenvalue weighted by Gasteiger charge is -2.42. The van der Waals surface area contributed by atoms with Crippen molar-refractivity contribution < 1.29 is 23.1 Å². The fourth-order valence-corrected chi connectivity index (χ4v) is 3.34. The average Bonchev–Trinajstić information content (AvgIpc) is 2.69. The van der Waals surface area contributed by atoms with E-state index in [-0.39, 0.29) is 25.1 Å². The van der Waals surface area contributed by atoms with Crippen molar-refractivity contribution in [1.82, 2.24) is 4.90 Å². The van der Waals surface area contributed by atoms with Crippen LogP contribution < -0.4 is 4.90 Å². The van der Waals surface area contributed by atoms with Crippen LogP contribution >= 0.6 is 0 Å². The van der Waals surface area contributed by atoms with Crippen LogP contribution in [-0.4, -0.2) is 42.6 Å². The number of fused-ring (bicyclic) bond motifs is 1. The molecule has 2 fully saturated rings. The number of anilines is 1. The van der Waals surface area contributed by atoms with Gasteiger partial charge in [0.05, 0.1) is 25.7 Å². The van der Waals surface area contributed by atoms with Crippen molar-refractivity contribution in [3.8, 4) is 11.8 Å². The van der Waals surface area contributed by atoms with Gasteiger partial charge in [-0.3, -0.25) is 4.79 Å². The third-order valence-corrected chi connectivity index (χ3v) is 4.69. The zero-order valence-electron chi connectivity index (χ0n) is 14.8. The quantitative estimate of drug-likeness (QED) is 0.713. The van der Waals surface area contributed by atoms with Crippen molar-refractivity contribution in [2.75, 3.05) is 24.7 Å². The van der Waals surface area contributed by atoms with Gasteiger partial charge in [-0.25, -0.2) is 18.5 Å². The largest absolute Gasteiger partial charge is 0.377 e. The number of morpholine rings is 1. The molecule has 0 aliphatic carbocycles. The fourth-order valence-electron chi connectivity index (χ4n) is 3.34. The summed E-state index contributed by atoms with van der Waals surface area (Å²) in [6.45, 7) is 0.838. The number of carbonyl (C=O) groups is 2. The molecule has 0 spiro atoms. The number of urea groups is 1. The summed E-state index contributed by atoms with van der Waals surface area (Å²) in [5.74, 6) is 2.84. The number of carbonyl (C=O) groups excluding carboxylic acids is 2. The summed E-state index contributed by atoms with van der Waals surface area (Å²) < 4.78 is 34.7. The molecule has 2 heterocycles. The summed E-state index contributed by atoms with van der Waals surface area (Å²) in [7, 11) is 0. The van der Waals surface area contributed by atoms with Gasteiger partial charge in [0.15, 0.2) is 11.6 Å². The van der Waals surface area contributed by atoms with E-state index >= 15 is 0 Å². The van der Waals surface area contributed by atoms with Gasteiger partial charge in [-0.05, 0) is 24.3 Å². The first-order chi connectivity index (χ1) is 13.5. The Kier molecular flexibility index (Phi) is 4.80. The van der Waals surface area contributed by atoms with Gasteiger partial charge in [-0.15, -0.1) is 0 Å². The number of rotatable bonds is 1. The first-order valence-corrected chi connectivity index (χ1v) is 8.82. The van der Waals surface area contributed by atoms with E-state index in [2.05, 4.69) is 11.8 Å². The first kappa shape index (κ1) is 18.1. The summed E-state index contributed by atoms with van der Waals surface area (Å²) in [4.78, 5) is 27.1. The Hall–Kier alpha value is -3.24. The molecule has 142 valence electrons.